The van der Waals surface area contributed by atoms with E-state index >= 15 is 0 Å². The molecule has 1 fully saturated rings. The van der Waals surface area contributed by atoms with Crippen LogP contribution in [0.2, 0.25) is 0 Å². The van der Waals surface area contributed by atoms with Crippen LogP contribution in [0.25, 0.3) is 0 Å². The second kappa shape index (κ2) is 4.56. The Bertz CT molecular complexity index is 519. The molecule has 17 heavy (non-hydrogen) atoms. The standard InChI is InChI=1S/C12H13FO3S/c13-10-6-4-9(5-7-10)12(14)11-3-1-2-8-17(11,15)16/h4-7,11H,1-3,8H2. The number of carbonyl (C=O) groups excluding carboxylic acids is 1. The molecular weight excluding hydrogens is 243 g/mol. The Morgan fingerprint density at radius 2 is 1.82 bits per heavy atom. The summed E-state index contributed by atoms with van der Waals surface area (Å²) in [6.07, 6.45) is 1.74. The van der Waals surface area contributed by atoms with Crippen molar-refractivity contribution >= 4 is 15.6 Å². The minimum atomic E-state index is -3.32. The molecule has 1 aromatic rings. The van der Waals surface area contributed by atoms with E-state index in [1.165, 1.54) is 24.3 Å². The summed E-state index contributed by atoms with van der Waals surface area (Å²) in [5.74, 6) is -0.775. The first-order valence-corrected chi connectivity index (χ1v) is 7.23. The second-order valence-electron chi connectivity index (χ2n) is 4.22. The fourth-order valence-electron chi connectivity index (χ4n) is 2.05. The smallest absolute Gasteiger partial charge is 0.180 e. The molecule has 0 radical (unpaired) electrons. The molecule has 1 unspecified atom stereocenters. The molecule has 0 bridgehead atoms. The largest absolute Gasteiger partial charge is 0.293 e. The zero-order valence-corrected chi connectivity index (χ0v) is 10.0. The molecule has 1 aliphatic heterocycles. The van der Waals surface area contributed by atoms with Gasteiger partial charge in [-0.2, -0.15) is 0 Å². The number of Topliss-reactive ketones (excluding diaryl/α,β-unsaturated/α-hetero) is 1. The molecule has 0 aliphatic carbocycles. The van der Waals surface area contributed by atoms with E-state index in [1.807, 2.05) is 0 Å². The highest BCUT2D eigenvalue weighted by Gasteiger charge is 2.35. The maximum atomic E-state index is 12.7. The van der Waals surface area contributed by atoms with Crippen molar-refractivity contribution in [2.24, 2.45) is 0 Å². The Labute approximate surface area is 99.6 Å². The quantitative estimate of drug-likeness (QED) is 0.760. The summed E-state index contributed by atoms with van der Waals surface area (Å²) in [4.78, 5) is 12.0. The third-order valence-electron chi connectivity index (χ3n) is 3.00. The molecule has 0 spiro atoms. The first-order chi connectivity index (χ1) is 8.00. The number of sulfone groups is 1. The molecule has 1 saturated heterocycles. The van der Waals surface area contributed by atoms with Gasteiger partial charge in [0.15, 0.2) is 15.6 Å². The number of ketones is 1. The second-order valence-corrected chi connectivity index (χ2v) is 6.53. The normalized spacial score (nSPS) is 23.2. The molecule has 92 valence electrons. The molecule has 1 aliphatic rings. The van der Waals surface area contributed by atoms with Crippen molar-refractivity contribution in [3.8, 4) is 0 Å². The highest BCUT2D eigenvalue weighted by Crippen LogP contribution is 2.23. The number of hydrogen-bond acceptors (Lipinski definition) is 3. The van der Waals surface area contributed by atoms with Crippen LogP contribution in [0.3, 0.4) is 0 Å². The highest BCUT2D eigenvalue weighted by atomic mass is 32.2. The van der Waals surface area contributed by atoms with Crippen LogP contribution in [0.5, 0.6) is 0 Å². The summed E-state index contributed by atoms with van der Waals surface area (Å²) in [5.41, 5.74) is 0.266. The summed E-state index contributed by atoms with van der Waals surface area (Å²) in [6, 6.07) is 5.01. The van der Waals surface area contributed by atoms with Crippen molar-refractivity contribution in [1.29, 1.82) is 0 Å². The van der Waals surface area contributed by atoms with E-state index in [0.29, 0.717) is 12.8 Å². The first kappa shape index (κ1) is 12.2. The predicted molar refractivity (Wildman–Crippen MR) is 62.2 cm³/mol. The number of benzene rings is 1. The maximum absolute atomic E-state index is 12.7. The van der Waals surface area contributed by atoms with Crippen LogP contribution in [0.15, 0.2) is 24.3 Å². The Balaban J connectivity index is 2.28. The first-order valence-electron chi connectivity index (χ1n) is 5.52. The minimum Gasteiger partial charge on any atom is -0.293 e. The molecule has 0 aromatic heterocycles. The summed E-state index contributed by atoms with van der Waals surface area (Å²) in [5, 5.41) is -0.943. The van der Waals surface area contributed by atoms with Crippen molar-refractivity contribution < 1.29 is 17.6 Å². The maximum Gasteiger partial charge on any atom is 0.180 e. The van der Waals surface area contributed by atoms with Crippen LogP contribution in [-0.2, 0) is 9.84 Å². The van der Waals surface area contributed by atoms with Crippen LogP contribution in [0, 0.1) is 5.82 Å². The molecule has 0 amide bonds. The number of carbonyl (C=O) groups is 1. The molecular formula is C12H13FO3S. The topological polar surface area (TPSA) is 51.2 Å². The Morgan fingerprint density at radius 1 is 1.18 bits per heavy atom. The Kier molecular flexibility index (Phi) is 3.28. The van der Waals surface area contributed by atoms with Gasteiger partial charge in [-0.3, -0.25) is 4.79 Å². The van der Waals surface area contributed by atoms with Gasteiger partial charge in [-0.15, -0.1) is 0 Å². The van der Waals surface area contributed by atoms with Crippen LogP contribution in [0.4, 0.5) is 4.39 Å². The van der Waals surface area contributed by atoms with E-state index in [2.05, 4.69) is 0 Å². The molecule has 0 N–H and O–H groups in total. The van der Waals surface area contributed by atoms with Gasteiger partial charge in [0.25, 0.3) is 0 Å². The van der Waals surface area contributed by atoms with Gasteiger partial charge in [0.05, 0.1) is 5.75 Å². The minimum absolute atomic E-state index is 0.0740. The van der Waals surface area contributed by atoms with Gasteiger partial charge in [0, 0.05) is 5.56 Å². The molecule has 0 saturated carbocycles. The zero-order valence-electron chi connectivity index (χ0n) is 9.23. The van der Waals surface area contributed by atoms with E-state index in [9.17, 15) is 17.6 Å². The lowest BCUT2D eigenvalue weighted by Crippen LogP contribution is -2.35. The van der Waals surface area contributed by atoms with E-state index < -0.39 is 26.7 Å². The van der Waals surface area contributed by atoms with Crippen molar-refractivity contribution in [1.82, 2.24) is 0 Å². The van der Waals surface area contributed by atoms with Crippen molar-refractivity contribution in [3.05, 3.63) is 35.6 Å². The predicted octanol–water partition coefficient (Wildman–Crippen LogP) is 1.98. The molecule has 1 atom stereocenters. The monoisotopic (exact) mass is 256 g/mol. The van der Waals surface area contributed by atoms with Gasteiger partial charge >= 0.3 is 0 Å². The molecule has 2 rings (SSSR count). The van der Waals surface area contributed by atoms with Gasteiger partial charge < -0.3 is 0 Å². The number of halogens is 1. The third-order valence-corrected chi connectivity index (χ3v) is 5.17. The van der Waals surface area contributed by atoms with Crippen molar-refractivity contribution in [2.45, 2.75) is 24.5 Å². The van der Waals surface area contributed by atoms with E-state index in [4.69, 9.17) is 0 Å². The SMILES string of the molecule is O=C(c1ccc(F)cc1)C1CCCCS1(=O)=O. The van der Waals surface area contributed by atoms with Crippen LogP contribution >= 0.6 is 0 Å². The average Bonchev–Trinajstić information content (AvgIpc) is 2.28. The fourth-order valence-corrected chi connectivity index (χ4v) is 3.93. The molecule has 3 nitrogen and oxygen atoms in total. The lowest BCUT2D eigenvalue weighted by molar-refractivity contribution is 0.0981. The Hall–Kier alpha value is -1.23. The van der Waals surface area contributed by atoms with Gasteiger partial charge in [0.2, 0.25) is 0 Å². The van der Waals surface area contributed by atoms with Crippen molar-refractivity contribution in [2.75, 3.05) is 5.75 Å². The van der Waals surface area contributed by atoms with Crippen LogP contribution < -0.4 is 0 Å². The number of hydrogen-bond donors (Lipinski definition) is 0. The van der Waals surface area contributed by atoms with E-state index in [0.717, 1.165) is 6.42 Å². The molecule has 5 heteroatoms. The van der Waals surface area contributed by atoms with E-state index in [1.54, 1.807) is 0 Å². The van der Waals surface area contributed by atoms with Crippen LogP contribution in [-0.4, -0.2) is 25.2 Å². The number of rotatable bonds is 2. The van der Waals surface area contributed by atoms with Crippen LogP contribution in [0.1, 0.15) is 29.6 Å². The summed E-state index contributed by atoms with van der Waals surface area (Å²) >= 11 is 0. The van der Waals surface area contributed by atoms with Gasteiger partial charge in [0.1, 0.15) is 11.1 Å². The molecule has 1 heterocycles. The lowest BCUT2D eigenvalue weighted by atomic mass is 10.0. The third kappa shape index (κ3) is 2.54. The summed E-state index contributed by atoms with van der Waals surface area (Å²) in [7, 11) is -3.32. The average molecular weight is 256 g/mol. The van der Waals surface area contributed by atoms with E-state index in [-0.39, 0.29) is 11.3 Å². The van der Waals surface area contributed by atoms with Gasteiger partial charge in [-0.25, -0.2) is 12.8 Å². The summed E-state index contributed by atoms with van der Waals surface area (Å²) in [6.45, 7) is 0. The lowest BCUT2D eigenvalue weighted by Gasteiger charge is -2.20. The molecule has 1 aromatic carbocycles. The van der Waals surface area contributed by atoms with Crippen molar-refractivity contribution in [3.63, 3.8) is 0 Å². The Morgan fingerprint density at radius 3 is 2.41 bits per heavy atom. The van der Waals surface area contributed by atoms with Gasteiger partial charge in [-0.1, -0.05) is 6.42 Å². The van der Waals surface area contributed by atoms with Gasteiger partial charge in [-0.05, 0) is 37.1 Å². The summed E-state index contributed by atoms with van der Waals surface area (Å²) < 4.78 is 36.3. The fraction of sp³-hybridized carbons (Fsp3) is 0.417. The highest BCUT2D eigenvalue weighted by molar-refractivity contribution is 7.92. The zero-order chi connectivity index (χ0) is 12.5.